The molecule has 4 rings (SSSR count). The Morgan fingerprint density at radius 2 is 2.19 bits per heavy atom. The summed E-state index contributed by atoms with van der Waals surface area (Å²) < 4.78 is 11.0. The third-order valence-corrected chi connectivity index (χ3v) is 5.22. The van der Waals surface area contributed by atoms with Crippen molar-refractivity contribution in [1.29, 1.82) is 5.26 Å². The van der Waals surface area contributed by atoms with Crippen molar-refractivity contribution < 1.29 is 9.26 Å². The maximum Gasteiger partial charge on any atom is 0.245 e. The predicted octanol–water partition coefficient (Wildman–Crippen LogP) is 2.32. The average Bonchev–Trinajstić information content (AvgIpc) is 3.40. The van der Waals surface area contributed by atoms with Crippen molar-refractivity contribution in [2.24, 2.45) is 0 Å². The Bertz CT molecular complexity index is 824. The highest BCUT2D eigenvalue weighted by Crippen LogP contribution is 2.39. The molecule has 0 spiro atoms. The fourth-order valence-electron chi connectivity index (χ4n) is 3.44. The molecule has 2 aromatic rings. The molecule has 1 aromatic heterocycles. The lowest BCUT2D eigenvalue weighted by Gasteiger charge is -2.37. The van der Waals surface area contributed by atoms with Gasteiger partial charge in [-0.15, -0.1) is 0 Å². The van der Waals surface area contributed by atoms with Crippen LogP contribution in [0.5, 0.6) is 5.75 Å². The molecule has 1 aliphatic carbocycles. The van der Waals surface area contributed by atoms with Crippen LogP contribution in [0.25, 0.3) is 0 Å². The van der Waals surface area contributed by atoms with Gasteiger partial charge in [-0.1, -0.05) is 5.16 Å². The molecule has 0 N–H and O–H groups in total. The molecule has 1 aliphatic heterocycles. The third-order valence-electron chi connectivity index (χ3n) is 5.22. The van der Waals surface area contributed by atoms with Gasteiger partial charge in [-0.05, 0) is 38.1 Å². The van der Waals surface area contributed by atoms with Crippen molar-refractivity contribution in [3.8, 4) is 11.8 Å². The van der Waals surface area contributed by atoms with E-state index in [2.05, 4.69) is 33.1 Å². The van der Waals surface area contributed by atoms with Crippen LogP contribution in [0.4, 0.5) is 0 Å². The van der Waals surface area contributed by atoms with Gasteiger partial charge in [0.15, 0.2) is 5.82 Å². The highest BCUT2D eigenvalue weighted by Gasteiger charge is 2.34. The van der Waals surface area contributed by atoms with E-state index in [1.807, 2.05) is 12.1 Å². The molecule has 7 heteroatoms. The van der Waals surface area contributed by atoms with Crippen LogP contribution in [0.15, 0.2) is 22.7 Å². The van der Waals surface area contributed by atoms with E-state index in [-0.39, 0.29) is 6.04 Å². The first kappa shape index (κ1) is 17.0. The van der Waals surface area contributed by atoms with Gasteiger partial charge in [0.25, 0.3) is 0 Å². The minimum atomic E-state index is 0.0916. The Labute approximate surface area is 153 Å². The Morgan fingerprint density at radius 3 is 2.92 bits per heavy atom. The lowest BCUT2D eigenvalue weighted by Crippen LogP contribution is -2.46. The molecule has 1 saturated carbocycles. The molecule has 1 atom stereocenters. The number of piperazine rings is 1. The molecule has 0 amide bonds. The highest BCUT2D eigenvalue weighted by molar-refractivity contribution is 5.42. The number of aromatic nitrogens is 2. The van der Waals surface area contributed by atoms with Crippen LogP contribution >= 0.6 is 0 Å². The second kappa shape index (κ2) is 7.06. The Kier molecular flexibility index (Phi) is 4.62. The number of ether oxygens (including phenoxy) is 1. The Morgan fingerprint density at radius 1 is 1.35 bits per heavy atom. The zero-order valence-corrected chi connectivity index (χ0v) is 15.2. The van der Waals surface area contributed by atoms with Crippen molar-refractivity contribution in [2.75, 3.05) is 33.8 Å². The number of benzene rings is 1. The van der Waals surface area contributed by atoms with E-state index in [9.17, 15) is 5.26 Å². The van der Waals surface area contributed by atoms with E-state index >= 15 is 0 Å². The van der Waals surface area contributed by atoms with Gasteiger partial charge in [0.05, 0.1) is 18.7 Å². The first-order valence-electron chi connectivity index (χ1n) is 9.01. The molecule has 1 aromatic carbocycles. The SMILES string of the molecule is COc1ccc(C#N)cc1CN1CCN(C)[C@H](c2nc(C3CC3)no2)C1. The number of nitrogens with zero attached hydrogens (tertiary/aromatic N) is 5. The second-order valence-electron chi connectivity index (χ2n) is 7.14. The molecule has 26 heavy (non-hydrogen) atoms. The first-order chi connectivity index (χ1) is 12.7. The van der Waals surface area contributed by atoms with Crippen LogP contribution in [0.1, 0.15) is 47.6 Å². The Balaban J connectivity index is 1.50. The lowest BCUT2D eigenvalue weighted by atomic mass is 10.1. The van der Waals surface area contributed by atoms with Crippen LogP contribution in [0.3, 0.4) is 0 Å². The summed E-state index contributed by atoms with van der Waals surface area (Å²) in [7, 11) is 3.76. The topological polar surface area (TPSA) is 78.4 Å². The normalized spacial score (nSPS) is 21.5. The average molecular weight is 353 g/mol. The molecule has 1 saturated heterocycles. The standard InChI is InChI=1S/C19H23N5O2/c1-23-7-8-24(11-15-9-13(10-20)3-6-17(15)25-2)12-16(23)19-21-18(22-26-19)14-4-5-14/h3,6,9,14,16H,4-5,7-8,11-12H2,1-2H3/t16-/m0/s1. The lowest BCUT2D eigenvalue weighted by molar-refractivity contribution is 0.0710. The maximum atomic E-state index is 9.17. The molecule has 136 valence electrons. The van der Waals surface area contributed by atoms with Crippen molar-refractivity contribution in [2.45, 2.75) is 31.3 Å². The third kappa shape index (κ3) is 3.43. The van der Waals surface area contributed by atoms with Crippen LogP contribution in [-0.2, 0) is 6.54 Å². The molecular formula is C19H23N5O2. The van der Waals surface area contributed by atoms with Crippen LogP contribution in [0, 0.1) is 11.3 Å². The number of hydrogen-bond acceptors (Lipinski definition) is 7. The summed E-state index contributed by atoms with van der Waals surface area (Å²) in [5.74, 6) is 2.87. The van der Waals surface area contributed by atoms with Gasteiger partial charge in [0.1, 0.15) is 11.8 Å². The highest BCUT2D eigenvalue weighted by atomic mass is 16.5. The minimum Gasteiger partial charge on any atom is -0.496 e. The summed E-state index contributed by atoms with van der Waals surface area (Å²) in [4.78, 5) is 9.25. The Hall–Kier alpha value is -2.43. The van der Waals surface area contributed by atoms with Gasteiger partial charge in [0, 0.05) is 37.7 Å². The van der Waals surface area contributed by atoms with Crippen molar-refractivity contribution in [3.63, 3.8) is 0 Å². The molecule has 0 unspecified atom stereocenters. The summed E-state index contributed by atoms with van der Waals surface area (Å²) in [5.41, 5.74) is 1.68. The predicted molar refractivity (Wildman–Crippen MR) is 94.6 cm³/mol. The molecule has 2 aliphatic rings. The van der Waals surface area contributed by atoms with Crippen molar-refractivity contribution >= 4 is 0 Å². The smallest absolute Gasteiger partial charge is 0.245 e. The quantitative estimate of drug-likeness (QED) is 0.816. The van der Waals surface area contributed by atoms with Gasteiger partial charge in [-0.25, -0.2) is 0 Å². The summed E-state index contributed by atoms with van der Waals surface area (Å²) >= 11 is 0. The summed E-state index contributed by atoms with van der Waals surface area (Å²) in [6.45, 7) is 3.40. The zero-order valence-electron chi connectivity index (χ0n) is 15.2. The van der Waals surface area contributed by atoms with E-state index in [4.69, 9.17) is 9.26 Å². The van der Waals surface area contributed by atoms with Gasteiger partial charge in [0.2, 0.25) is 5.89 Å². The molecule has 2 fully saturated rings. The first-order valence-corrected chi connectivity index (χ1v) is 9.01. The number of hydrogen-bond donors (Lipinski definition) is 0. The van der Waals surface area contributed by atoms with E-state index in [0.29, 0.717) is 17.4 Å². The van der Waals surface area contributed by atoms with Gasteiger partial charge in [-0.3, -0.25) is 9.80 Å². The van der Waals surface area contributed by atoms with E-state index in [0.717, 1.165) is 43.3 Å². The molecule has 0 radical (unpaired) electrons. The fourth-order valence-corrected chi connectivity index (χ4v) is 3.44. The number of methoxy groups -OCH3 is 1. The monoisotopic (exact) mass is 353 g/mol. The minimum absolute atomic E-state index is 0.0916. The van der Waals surface area contributed by atoms with E-state index < -0.39 is 0 Å². The summed E-state index contributed by atoms with van der Waals surface area (Å²) in [6.07, 6.45) is 2.33. The molecule has 0 bridgehead atoms. The molecule has 2 heterocycles. The zero-order chi connectivity index (χ0) is 18.1. The van der Waals surface area contributed by atoms with Gasteiger partial charge >= 0.3 is 0 Å². The van der Waals surface area contributed by atoms with Gasteiger partial charge in [-0.2, -0.15) is 10.2 Å². The maximum absolute atomic E-state index is 9.17. The van der Waals surface area contributed by atoms with Gasteiger partial charge < -0.3 is 9.26 Å². The number of nitriles is 1. The van der Waals surface area contributed by atoms with Crippen LogP contribution in [-0.4, -0.2) is 53.7 Å². The summed E-state index contributed by atoms with van der Waals surface area (Å²) in [6, 6.07) is 7.85. The molecule has 7 nitrogen and oxygen atoms in total. The summed E-state index contributed by atoms with van der Waals surface area (Å²) in [5, 5.41) is 13.3. The number of likely N-dealkylation sites (N-methyl/N-ethyl adjacent to an activating group) is 1. The largest absolute Gasteiger partial charge is 0.496 e. The second-order valence-corrected chi connectivity index (χ2v) is 7.14. The van der Waals surface area contributed by atoms with Crippen molar-refractivity contribution in [1.82, 2.24) is 19.9 Å². The number of rotatable bonds is 5. The van der Waals surface area contributed by atoms with Crippen LogP contribution in [0.2, 0.25) is 0 Å². The molecular weight excluding hydrogens is 330 g/mol. The fraction of sp³-hybridized carbons (Fsp3) is 0.526. The van der Waals surface area contributed by atoms with Crippen LogP contribution < -0.4 is 4.74 Å². The van der Waals surface area contributed by atoms with E-state index in [1.54, 1.807) is 13.2 Å². The van der Waals surface area contributed by atoms with Crippen molar-refractivity contribution in [3.05, 3.63) is 41.0 Å². The van der Waals surface area contributed by atoms with E-state index in [1.165, 1.54) is 12.8 Å².